The lowest BCUT2D eigenvalue weighted by Gasteiger charge is -2.41. The Morgan fingerprint density at radius 3 is 2.81 bits per heavy atom. The highest BCUT2D eigenvalue weighted by Gasteiger charge is 2.33. The van der Waals surface area contributed by atoms with Crippen LogP contribution >= 0.6 is 0 Å². The van der Waals surface area contributed by atoms with Gasteiger partial charge in [-0.2, -0.15) is 0 Å². The minimum atomic E-state index is -0.224. The molecule has 0 aromatic rings. The first-order valence-electron chi connectivity index (χ1n) is 6.11. The molecule has 0 aromatic heterocycles. The van der Waals surface area contributed by atoms with Crippen molar-refractivity contribution in [2.24, 2.45) is 0 Å². The van der Waals surface area contributed by atoms with Crippen molar-refractivity contribution in [1.82, 2.24) is 10.2 Å². The molecule has 0 bridgehead atoms. The molecule has 1 heterocycles. The van der Waals surface area contributed by atoms with Gasteiger partial charge in [0.15, 0.2) is 0 Å². The van der Waals surface area contributed by atoms with Crippen LogP contribution in [0, 0.1) is 0 Å². The van der Waals surface area contributed by atoms with Crippen molar-refractivity contribution in [2.45, 2.75) is 45.8 Å². The number of amides is 1. The maximum absolute atomic E-state index is 11.9. The van der Waals surface area contributed by atoms with Crippen LogP contribution in [0.5, 0.6) is 0 Å². The van der Waals surface area contributed by atoms with Gasteiger partial charge in [-0.3, -0.25) is 4.79 Å². The van der Waals surface area contributed by atoms with E-state index in [9.17, 15) is 4.79 Å². The zero-order chi connectivity index (χ0) is 12.2. The first kappa shape index (κ1) is 13.5. The van der Waals surface area contributed by atoms with E-state index in [2.05, 4.69) is 12.2 Å². The Kier molecular flexibility index (Phi) is 4.74. The van der Waals surface area contributed by atoms with Crippen LogP contribution in [0.3, 0.4) is 0 Å². The topological polar surface area (TPSA) is 41.6 Å². The van der Waals surface area contributed by atoms with E-state index in [4.69, 9.17) is 4.74 Å². The Hall–Kier alpha value is -0.610. The number of carbonyl (C=O) groups excluding carboxylic acids is 1. The number of ether oxygens (including phenoxy) is 1. The summed E-state index contributed by atoms with van der Waals surface area (Å²) in [6, 6.07) is 0. The van der Waals surface area contributed by atoms with E-state index < -0.39 is 0 Å². The zero-order valence-corrected chi connectivity index (χ0v) is 10.9. The molecule has 1 unspecified atom stereocenters. The lowest BCUT2D eigenvalue weighted by Crippen LogP contribution is -2.55. The predicted molar refractivity (Wildman–Crippen MR) is 64.4 cm³/mol. The molecule has 1 rings (SSSR count). The zero-order valence-electron chi connectivity index (χ0n) is 10.9. The molecule has 94 valence electrons. The van der Waals surface area contributed by atoms with Crippen molar-refractivity contribution >= 4 is 5.91 Å². The second-order valence-electron chi connectivity index (χ2n) is 5.14. The molecule has 0 aliphatic carbocycles. The minimum Gasteiger partial charge on any atom is -0.369 e. The highest BCUT2D eigenvalue weighted by Crippen LogP contribution is 2.20. The molecule has 1 amide bonds. The molecule has 4 nitrogen and oxygen atoms in total. The van der Waals surface area contributed by atoms with Gasteiger partial charge in [0, 0.05) is 13.1 Å². The van der Waals surface area contributed by atoms with Gasteiger partial charge in [0.05, 0.1) is 18.2 Å². The molecule has 0 saturated carbocycles. The van der Waals surface area contributed by atoms with Gasteiger partial charge >= 0.3 is 0 Å². The highest BCUT2D eigenvalue weighted by molar-refractivity contribution is 5.78. The smallest absolute Gasteiger partial charge is 0.236 e. The average molecular weight is 228 g/mol. The molecule has 1 fully saturated rings. The maximum Gasteiger partial charge on any atom is 0.236 e. The molecule has 1 atom stereocenters. The number of rotatable bonds is 4. The fourth-order valence-electron chi connectivity index (χ4n) is 2.13. The molecule has 1 aliphatic heterocycles. The highest BCUT2D eigenvalue weighted by atomic mass is 16.5. The van der Waals surface area contributed by atoms with Crippen LogP contribution in [0.2, 0.25) is 0 Å². The molecular formula is C12H24N2O2. The van der Waals surface area contributed by atoms with E-state index in [1.807, 2.05) is 25.7 Å². The summed E-state index contributed by atoms with van der Waals surface area (Å²) < 4.78 is 5.77. The monoisotopic (exact) mass is 228 g/mol. The molecule has 1 N–H and O–H groups in total. The Morgan fingerprint density at radius 1 is 1.56 bits per heavy atom. The van der Waals surface area contributed by atoms with Crippen LogP contribution in [-0.4, -0.2) is 48.7 Å². The first-order valence-corrected chi connectivity index (χ1v) is 6.11. The third-order valence-electron chi connectivity index (χ3n) is 2.63. The van der Waals surface area contributed by atoms with Crippen LogP contribution in [-0.2, 0) is 9.53 Å². The summed E-state index contributed by atoms with van der Waals surface area (Å²) in [5.74, 6) is 0.177. The first-order chi connectivity index (χ1) is 7.44. The van der Waals surface area contributed by atoms with Crippen molar-refractivity contribution in [3.63, 3.8) is 0 Å². The summed E-state index contributed by atoms with van der Waals surface area (Å²) in [6.07, 6.45) is 1.18. The van der Waals surface area contributed by atoms with Crippen LogP contribution in [0.25, 0.3) is 0 Å². The number of hydrogen-bond acceptors (Lipinski definition) is 3. The number of morpholine rings is 1. The van der Waals surface area contributed by atoms with Crippen molar-refractivity contribution in [3.8, 4) is 0 Å². The largest absolute Gasteiger partial charge is 0.369 e. The van der Waals surface area contributed by atoms with Crippen LogP contribution in [0.1, 0.15) is 34.1 Å². The SMILES string of the molecule is CCCNCC(=O)N1CC(C)OC(C)(C)C1. The Bertz CT molecular complexity index is 241. The van der Waals surface area contributed by atoms with E-state index in [1.54, 1.807) is 0 Å². The summed E-state index contributed by atoms with van der Waals surface area (Å²) in [6.45, 7) is 10.9. The van der Waals surface area contributed by atoms with E-state index in [0.29, 0.717) is 19.6 Å². The second kappa shape index (κ2) is 5.64. The molecule has 0 spiro atoms. The Morgan fingerprint density at radius 2 is 2.25 bits per heavy atom. The third kappa shape index (κ3) is 4.10. The molecule has 1 saturated heterocycles. The fourth-order valence-corrected chi connectivity index (χ4v) is 2.13. The van der Waals surface area contributed by atoms with Gasteiger partial charge in [-0.15, -0.1) is 0 Å². The van der Waals surface area contributed by atoms with E-state index in [-0.39, 0.29) is 17.6 Å². The van der Waals surface area contributed by atoms with E-state index in [0.717, 1.165) is 13.0 Å². The third-order valence-corrected chi connectivity index (χ3v) is 2.63. The van der Waals surface area contributed by atoms with Gasteiger partial charge in [-0.05, 0) is 33.7 Å². The normalized spacial score (nSPS) is 24.5. The summed E-state index contributed by atoms with van der Waals surface area (Å²) in [7, 11) is 0. The molecule has 0 aromatic carbocycles. The molecular weight excluding hydrogens is 204 g/mol. The standard InChI is InChI=1S/C12H24N2O2/c1-5-6-13-7-11(15)14-8-10(2)16-12(3,4)9-14/h10,13H,5-9H2,1-4H3. The fraction of sp³-hybridized carbons (Fsp3) is 0.917. The number of nitrogens with zero attached hydrogens (tertiary/aromatic N) is 1. The summed E-state index contributed by atoms with van der Waals surface area (Å²) in [4.78, 5) is 13.8. The molecule has 1 aliphatic rings. The second-order valence-corrected chi connectivity index (χ2v) is 5.14. The van der Waals surface area contributed by atoms with Crippen LogP contribution in [0.15, 0.2) is 0 Å². The molecule has 0 radical (unpaired) electrons. The van der Waals surface area contributed by atoms with Crippen molar-refractivity contribution in [1.29, 1.82) is 0 Å². The van der Waals surface area contributed by atoms with Crippen molar-refractivity contribution in [3.05, 3.63) is 0 Å². The number of hydrogen-bond donors (Lipinski definition) is 1. The van der Waals surface area contributed by atoms with Gasteiger partial charge in [0.1, 0.15) is 0 Å². The van der Waals surface area contributed by atoms with Crippen LogP contribution in [0.4, 0.5) is 0 Å². The minimum absolute atomic E-state index is 0.124. The van der Waals surface area contributed by atoms with Crippen molar-refractivity contribution < 1.29 is 9.53 Å². The van der Waals surface area contributed by atoms with Gasteiger partial charge in [-0.25, -0.2) is 0 Å². The summed E-state index contributed by atoms with van der Waals surface area (Å²) >= 11 is 0. The Labute approximate surface area is 98.3 Å². The van der Waals surface area contributed by atoms with Gasteiger partial charge in [0.25, 0.3) is 0 Å². The van der Waals surface area contributed by atoms with Gasteiger partial charge in [0.2, 0.25) is 5.91 Å². The summed E-state index contributed by atoms with van der Waals surface area (Å²) in [5.41, 5.74) is -0.224. The maximum atomic E-state index is 11.9. The van der Waals surface area contributed by atoms with Gasteiger partial charge in [-0.1, -0.05) is 6.92 Å². The quantitative estimate of drug-likeness (QED) is 0.730. The predicted octanol–water partition coefficient (Wildman–Crippen LogP) is 1.01. The van der Waals surface area contributed by atoms with E-state index in [1.165, 1.54) is 0 Å². The lowest BCUT2D eigenvalue weighted by atomic mass is 10.1. The summed E-state index contributed by atoms with van der Waals surface area (Å²) in [5, 5.41) is 3.14. The van der Waals surface area contributed by atoms with Gasteiger partial charge < -0.3 is 15.0 Å². The van der Waals surface area contributed by atoms with Crippen molar-refractivity contribution in [2.75, 3.05) is 26.2 Å². The van der Waals surface area contributed by atoms with E-state index >= 15 is 0 Å². The molecule has 16 heavy (non-hydrogen) atoms. The lowest BCUT2D eigenvalue weighted by molar-refractivity contribution is -0.157. The number of nitrogens with one attached hydrogen (secondary N) is 1. The molecule has 4 heteroatoms. The van der Waals surface area contributed by atoms with Crippen LogP contribution < -0.4 is 5.32 Å². The Balaban J connectivity index is 2.43. The number of carbonyl (C=O) groups is 1. The average Bonchev–Trinajstić information content (AvgIpc) is 2.14.